The second-order valence-corrected chi connectivity index (χ2v) is 4.82. The molecule has 3 nitrogen and oxygen atoms in total. The topological polar surface area (TPSA) is 33.2 Å². The minimum atomic E-state index is 0.188. The van der Waals surface area contributed by atoms with E-state index in [9.17, 15) is 4.79 Å². The highest BCUT2D eigenvalue weighted by atomic mass is 16.1. The van der Waals surface area contributed by atoms with Crippen molar-refractivity contribution in [2.24, 2.45) is 0 Å². The van der Waals surface area contributed by atoms with Crippen LogP contribution in [0.15, 0.2) is 48.7 Å². The molecule has 3 heteroatoms. The van der Waals surface area contributed by atoms with E-state index in [0.717, 1.165) is 29.9 Å². The van der Waals surface area contributed by atoms with Gasteiger partial charge in [0.25, 0.3) is 0 Å². The lowest BCUT2D eigenvalue weighted by Gasteiger charge is -2.19. The van der Waals surface area contributed by atoms with Crippen LogP contribution in [0.4, 0.5) is 5.69 Å². The Morgan fingerprint density at radius 1 is 1.15 bits per heavy atom. The largest absolute Gasteiger partial charge is 0.374 e. The predicted octanol–water partition coefficient (Wildman–Crippen LogP) is 3.35. The van der Waals surface area contributed by atoms with Crippen molar-refractivity contribution in [2.45, 2.75) is 19.8 Å². The van der Waals surface area contributed by atoms with Crippen molar-refractivity contribution in [2.75, 3.05) is 18.5 Å². The van der Waals surface area contributed by atoms with Gasteiger partial charge in [-0.25, -0.2) is 0 Å². The molecule has 2 rings (SSSR count). The molecule has 0 aliphatic carbocycles. The van der Waals surface area contributed by atoms with Crippen molar-refractivity contribution in [1.82, 2.24) is 4.98 Å². The number of carbonyl (C=O) groups is 1. The van der Waals surface area contributed by atoms with E-state index in [4.69, 9.17) is 0 Å². The Morgan fingerprint density at radius 3 is 2.50 bits per heavy atom. The van der Waals surface area contributed by atoms with E-state index in [1.54, 1.807) is 0 Å². The summed E-state index contributed by atoms with van der Waals surface area (Å²) in [6.45, 7) is 2.79. The normalized spacial score (nSPS) is 10.3. The van der Waals surface area contributed by atoms with Gasteiger partial charge in [0.05, 0.1) is 0 Å². The van der Waals surface area contributed by atoms with Gasteiger partial charge >= 0.3 is 0 Å². The van der Waals surface area contributed by atoms with Crippen molar-refractivity contribution >= 4 is 11.5 Å². The molecule has 0 radical (unpaired) electrons. The van der Waals surface area contributed by atoms with E-state index in [0.29, 0.717) is 6.42 Å². The number of ketones is 1. The number of benzene rings is 1. The van der Waals surface area contributed by atoms with Crippen molar-refractivity contribution in [3.05, 3.63) is 59.9 Å². The second kappa shape index (κ2) is 6.85. The van der Waals surface area contributed by atoms with Crippen LogP contribution in [0.25, 0.3) is 0 Å². The number of hydrogen-bond acceptors (Lipinski definition) is 3. The molecular formula is C17H20N2O. The summed E-state index contributed by atoms with van der Waals surface area (Å²) in [4.78, 5) is 18.1. The number of anilines is 1. The standard InChI is InChI=1S/C17H20N2O/c1-3-17(20)14-7-9-16(10-8-14)19(2)13-11-15-6-4-5-12-18-15/h4-10,12H,3,11,13H2,1-2H3. The van der Waals surface area contributed by atoms with Gasteiger partial charge in [-0.2, -0.15) is 0 Å². The van der Waals surface area contributed by atoms with Crippen molar-refractivity contribution in [3.8, 4) is 0 Å². The fourth-order valence-electron chi connectivity index (χ4n) is 2.06. The molecule has 0 atom stereocenters. The summed E-state index contributed by atoms with van der Waals surface area (Å²) in [5, 5.41) is 0. The summed E-state index contributed by atoms with van der Waals surface area (Å²) in [5.74, 6) is 0.188. The van der Waals surface area contributed by atoms with Gasteiger partial charge in [-0.15, -0.1) is 0 Å². The summed E-state index contributed by atoms with van der Waals surface area (Å²) in [5.41, 5.74) is 3.00. The van der Waals surface area contributed by atoms with Gasteiger partial charge in [0.1, 0.15) is 0 Å². The zero-order valence-corrected chi connectivity index (χ0v) is 12.0. The highest BCUT2D eigenvalue weighted by Gasteiger charge is 2.05. The highest BCUT2D eigenvalue weighted by Crippen LogP contribution is 2.15. The number of carbonyl (C=O) groups excluding carboxylic acids is 1. The SMILES string of the molecule is CCC(=O)c1ccc(N(C)CCc2ccccn2)cc1. The van der Waals surface area contributed by atoms with Crippen LogP contribution in [0.1, 0.15) is 29.4 Å². The molecule has 20 heavy (non-hydrogen) atoms. The number of nitrogens with zero attached hydrogens (tertiary/aromatic N) is 2. The number of Topliss-reactive ketones (excluding diaryl/α,β-unsaturated/α-hetero) is 1. The number of rotatable bonds is 6. The fourth-order valence-corrected chi connectivity index (χ4v) is 2.06. The fraction of sp³-hybridized carbons (Fsp3) is 0.294. The first kappa shape index (κ1) is 14.3. The van der Waals surface area contributed by atoms with Crippen LogP contribution in [0.2, 0.25) is 0 Å². The van der Waals surface area contributed by atoms with Gasteiger partial charge in [0, 0.05) is 49.6 Å². The minimum absolute atomic E-state index is 0.188. The van der Waals surface area contributed by atoms with Gasteiger partial charge in [0.2, 0.25) is 0 Å². The van der Waals surface area contributed by atoms with E-state index in [1.165, 1.54) is 0 Å². The molecular weight excluding hydrogens is 248 g/mol. The highest BCUT2D eigenvalue weighted by molar-refractivity contribution is 5.96. The lowest BCUT2D eigenvalue weighted by atomic mass is 10.1. The van der Waals surface area contributed by atoms with Crippen molar-refractivity contribution < 1.29 is 4.79 Å². The van der Waals surface area contributed by atoms with Gasteiger partial charge in [-0.05, 0) is 36.4 Å². The molecule has 1 aromatic carbocycles. The number of likely N-dealkylation sites (N-methyl/N-ethyl adjacent to an activating group) is 1. The van der Waals surface area contributed by atoms with Gasteiger partial charge in [-0.3, -0.25) is 9.78 Å². The Hall–Kier alpha value is -2.16. The van der Waals surface area contributed by atoms with Crippen LogP contribution >= 0.6 is 0 Å². The summed E-state index contributed by atoms with van der Waals surface area (Å²) >= 11 is 0. The molecule has 0 saturated heterocycles. The molecule has 0 amide bonds. The molecule has 104 valence electrons. The third kappa shape index (κ3) is 3.67. The van der Waals surface area contributed by atoms with E-state index in [1.807, 2.05) is 55.6 Å². The molecule has 1 heterocycles. The molecule has 0 unspecified atom stereocenters. The Balaban J connectivity index is 1.95. The van der Waals surface area contributed by atoms with Crippen LogP contribution in [0.5, 0.6) is 0 Å². The Bertz CT molecular complexity index is 549. The summed E-state index contributed by atoms with van der Waals surface area (Å²) in [6, 6.07) is 13.8. The van der Waals surface area contributed by atoms with E-state index >= 15 is 0 Å². The molecule has 2 aromatic rings. The third-order valence-corrected chi connectivity index (χ3v) is 3.38. The summed E-state index contributed by atoms with van der Waals surface area (Å²) in [7, 11) is 2.06. The molecule has 0 saturated carbocycles. The Kier molecular flexibility index (Phi) is 4.88. The van der Waals surface area contributed by atoms with E-state index < -0.39 is 0 Å². The lowest BCUT2D eigenvalue weighted by Crippen LogP contribution is -2.20. The van der Waals surface area contributed by atoms with Gasteiger partial charge in [0.15, 0.2) is 5.78 Å². The zero-order valence-electron chi connectivity index (χ0n) is 12.0. The maximum absolute atomic E-state index is 11.6. The monoisotopic (exact) mass is 268 g/mol. The molecule has 0 aliphatic rings. The average molecular weight is 268 g/mol. The maximum Gasteiger partial charge on any atom is 0.162 e. The van der Waals surface area contributed by atoms with Crippen LogP contribution < -0.4 is 4.90 Å². The van der Waals surface area contributed by atoms with E-state index in [-0.39, 0.29) is 5.78 Å². The second-order valence-electron chi connectivity index (χ2n) is 4.82. The Morgan fingerprint density at radius 2 is 1.90 bits per heavy atom. The predicted molar refractivity (Wildman–Crippen MR) is 82.3 cm³/mol. The smallest absolute Gasteiger partial charge is 0.162 e. The van der Waals surface area contributed by atoms with Gasteiger partial charge in [-0.1, -0.05) is 13.0 Å². The van der Waals surface area contributed by atoms with E-state index in [2.05, 4.69) is 16.9 Å². The maximum atomic E-state index is 11.6. The lowest BCUT2D eigenvalue weighted by molar-refractivity contribution is 0.0988. The van der Waals surface area contributed by atoms with Crippen molar-refractivity contribution in [1.29, 1.82) is 0 Å². The minimum Gasteiger partial charge on any atom is -0.374 e. The summed E-state index contributed by atoms with van der Waals surface area (Å²) < 4.78 is 0. The first-order valence-corrected chi connectivity index (χ1v) is 6.95. The first-order valence-electron chi connectivity index (χ1n) is 6.95. The molecule has 0 spiro atoms. The van der Waals surface area contributed by atoms with Gasteiger partial charge < -0.3 is 4.90 Å². The Labute approximate surface area is 120 Å². The van der Waals surface area contributed by atoms with Crippen LogP contribution in [0, 0.1) is 0 Å². The van der Waals surface area contributed by atoms with Crippen molar-refractivity contribution in [3.63, 3.8) is 0 Å². The molecule has 1 aromatic heterocycles. The number of aromatic nitrogens is 1. The quantitative estimate of drug-likeness (QED) is 0.753. The van der Waals surface area contributed by atoms with Crippen LogP contribution in [0.3, 0.4) is 0 Å². The number of pyridine rings is 1. The molecule has 0 fully saturated rings. The first-order chi connectivity index (χ1) is 9.70. The number of hydrogen-bond donors (Lipinski definition) is 0. The van der Waals surface area contributed by atoms with Crippen LogP contribution in [-0.2, 0) is 6.42 Å². The van der Waals surface area contributed by atoms with Crippen LogP contribution in [-0.4, -0.2) is 24.4 Å². The molecule has 0 bridgehead atoms. The summed E-state index contributed by atoms with van der Waals surface area (Å²) in [6.07, 6.45) is 3.28. The molecule has 0 aliphatic heterocycles. The molecule has 0 N–H and O–H groups in total. The zero-order chi connectivity index (χ0) is 14.4. The third-order valence-electron chi connectivity index (χ3n) is 3.38. The average Bonchev–Trinajstić information content (AvgIpc) is 2.53.